The Morgan fingerprint density at radius 3 is 2.62 bits per heavy atom. The van der Waals surface area contributed by atoms with Gasteiger partial charge in [-0.15, -0.1) is 0 Å². The number of rotatable bonds is 3. The monoisotopic (exact) mass is 312 g/mol. The van der Waals surface area contributed by atoms with Crippen molar-refractivity contribution in [1.29, 1.82) is 0 Å². The van der Waals surface area contributed by atoms with Gasteiger partial charge >= 0.3 is 0 Å². The van der Waals surface area contributed by atoms with Crippen LogP contribution in [-0.4, -0.2) is 10.9 Å². The van der Waals surface area contributed by atoms with Crippen LogP contribution in [-0.2, 0) is 0 Å². The molecule has 1 aromatic carbocycles. The Balaban J connectivity index is 2.32. The summed E-state index contributed by atoms with van der Waals surface area (Å²) in [4.78, 5) is 16.1. The number of aryl methyl sites for hydroxylation is 1. The number of hydrogen-bond donors (Lipinski definition) is 3. The number of nitrogens with zero attached hydrogens (tertiary/aromatic N) is 1. The van der Waals surface area contributed by atoms with E-state index in [1.807, 2.05) is 0 Å². The van der Waals surface area contributed by atoms with Crippen molar-refractivity contribution in [3.63, 3.8) is 0 Å². The van der Waals surface area contributed by atoms with Crippen LogP contribution < -0.4 is 16.6 Å². The van der Waals surface area contributed by atoms with Crippen LogP contribution in [0.4, 0.5) is 20.3 Å². The van der Waals surface area contributed by atoms with E-state index in [-0.39, 0.29) is 22.1 Å². The molecular weight excluding hydrogens is 302 g/mol. The van der Waals surface area contributed by atoms with Crippen LogP contribution >= 0.6 is 11.6 Å². The highest BCUT2D eigenvalue weighted by atomic mass is 35.5. The van der Waals surface area contributed by atoms with Crippen molar-refractivity contribution in [1.82, 2.24) is 4.98 Å². The summed E-state index contributed by atoms with van der Waals surface area (Å²) in [6.45, 7) is 1.67. The third-order valence-electron chi connectivity index (χ3n) is 2.61. The molecular formula is C13H11ClF2N4O. The van der Waals surface area contributed by atoms with Crippen LogP contribution in [0.3, 0.4) is 0 Å². The molecule has 2 rings (SSSR count). The van der Waals surface area contributed by atoms with Crippen LogP contribution in [0.2, 0.25) is 5.02 Å². The number of pyridine rings is 1. The van der Waals surface area contributed by atoms with E-state index in [4.69, 9.17) is 17.4 Å². The number of hydrazine groups is 1. The van der Waals surface area contributed by atoms with Crippen LogP contribution in [0.15, 0.2) is 24.3 Å². The van der Waals surface area contributed by atoms with E-state index in [9.17, 15) is 13.6 Å². The summed E-state index contributed by atoms with van der Waals surface area (Å²) in [5.74, 6) is 3.11. The molecule has 0 atom stereocenters. The van der Waals surface area contributed by atoms with Gasteiger partial charge in [-0.2, -0.15) is 0 Å². The number of carbonyl (C=O) groups is 1. The zero-order valence-electron chi connectivity index (χ0n) is 10.9. The molecule has 0 fully saturated rings. The van der Waals surface area contributed by atoms with Crippen molar-refractivity contribution in [2.75, 3.05) is 10.7 Å². The van der Waals surface area contributed by atoms with Gasteiger partial charge in [0.1, 0.15) is 11.6 Å². The number of nitrogens with one attached hydrogen (secondary N) is 2. The molecule has 0 unspecified atom stereocenters. The molecule has 5 nitrogen and oxygen atoms in total. The van der Waals surface area contributed by atoms with E-state index in [2.05, 4.69) is 15.7 Å². The fourth-order valence-electron chi connectivity index (χ4n) is 1.72. The minimum Gasteiger partial charge on any atom is -0.318 e. The number of benzene rings is 1. The first-order chi connectivity index (χ1) is 9.90. The number of hydrogen-bond acceptors (Lipinski definition) is 4. The fourth-order valence-corrected chi connectivity index (χ4v) is 1.96. The molecule has 0 aliphatic heterocycles. The molecule has 0 saturated heterocycles. The molecule has 1 heterocycles. The molecule has 1 aromatic heterocycles. The Morgan fingerprint density at radius 2 is 2.00 bits per heavy atom. The van der Waals surface area contributed by atoms with Gasteiger partial charge in [0.05, 0.1) is 10.7 Å². The number of anilines is 2. The Hall–Kier alpha value is -2.25. The van der Waals surface area contributed by atoms with Gasteiger partial charge in [0, 0.05) is 17.3 Å². The molecule has 0 radical (unpaired) electrons. The van der Waals surface area contributed by atoms with E-state index >= 15 is 0 Å². The maximum absolute atomic E-state index is 13.6. The van der Waals surface area contributed by atoms with Gasteiger partial charge in [0.2, 0.25) is 0 Å². The van der Waals surface area contributed by atoms with Crippen molar-refractivity contribution >= 4 is 29.0 Å². The number of carbonyl (C=O) groups excluding carboxylic acids is 1. The van der Waals surface area contributed by atoms with E-state index in [0.29, 0.717) is 11.8 Å². The normalized spacial score (nSPS) is 10.3. The zero-order chi connectivity index (χ0) is 15.6. The molecule has 0 aliphatic rings. The lowest BCUT2D eigenvalue weighted by Crippen LogP contribution is -2.16. The third-order valence-corrected chi connectivity index (χ3v) is 2.91. The highest BCUT2D eigenvalue weighted by Crippen LogP contribution is 2.27. The zero-order valence-corrected chi connectivity index (χ0v) is 11.6. The quantitative estimate of drug-likeness (QED) is 0.601. The Kier molecular flexibility index (Phi) is 4.35. The van der Waals surface area contributed by atoms with Crippen LogP contribution in [0, 0.1) is 18.6 Å². The van der Waals surface area contributed by atoms with Gasteiger partial charge in [0.15, 0.2) is 5.82 Å². The summed E-state index contributed by atoms with van der Waals surface area (Å²) in [5, 5.41) is 2.06. The molecule has 0 spiro atoms. The van der Waals surface area contributed by atoms with Gasteiger partial charge in [-0.3, -0.25) is 4.79 Å². The van der Waals surface area contributed by atoms with Crippen molar-refractivity contribution < 1.29 is 13.6 Å². The summed E-state index contributed by atoms with van der Waals surface area (Å²) in [6, 6.07) is 4.42. The van der Waals surface area contributed by atoms with E-state index in [1.165, 1.54) is 12.1 Å². The average Bonchev–Trinajstić information content (AvgIpc) is 2.41. The molecule has 1 amide bonds. The largest absolute Gasteiger partial charge is 0.318 e. The Labute approximate surface area is 124 Å². The summed E-state index contributed by atoms with van der Waals surface area (Å²) in [7, 11) is 0. The van der Waals surface area contributed by atoms with Gasteiger partial charge in [-0.25, -0.2) is 19.6 Å². The SMILES string of the molecule is Cc1cc(C(=O)Nc2c(F)cc(F)cc2Cl)cc(NN)n1. The first-order valence-corrected chi connectivity index (χ1v) is 6.19. The van der Waals surface area contributed by atoms with Crippen molar-refractivity contribution in [2.45, 2.75) is 6.92 Å². The maximum atomic E-state index is 13.6. The van der Waals surface area contributed by atoms with E-state index in [0.717, 1.165) is 6.07 Å². The van der Waals surface area contributed by atoms with Gasteiger partial charge in [-0.05, 0) is 25.1 Å². The minimum atomic E-state index is -0.962. The van der Waals surface area contributed by atoms with Crippen molar-refractivity contribution in [3.8, 4) is 0 Å². The van der Waals surface area contributed by atoms with Gasteiger partial charge in [0.25, 0.3) is 5.91 Å². The predicted octanol–water partition coefficient (Wildman–Crippen LogP) is 2.86. The fraction of sp³-hybridized carbons (Fsp3) is 0.0769. The van der Waals surface area contributed by atoms with Crippen molar-refractivity contribution in [3.05, 3.63) is 52.2 Å². The standard InChI is InChI=1S/C13H11ClF2N4O/c1-6-2-7(3-11(18-6)20-17)13(21)19-12-9(14)4-8(15)5-10(12)16/h2-5H,17H2,1H3,(H,18,20)(H,19,21). The van der Waals surface area contributed by atoms with E-state index < -0.39 is 17.5 Å². The smallest absolute Gasteiger partial charge is 0.255 e. The number of nitrogen functional groups attached to an aromatic ring is 1. The van der Waals surface area contributed by atoms with Crippen molar-refractivity contribution in [2.24, 2.45) is 5.84 Å². The van der Waals surface area contributed by atoms with E-state index in [1.54, 1.807) is 6.92 Å². The predicted molar refractivity (Wildman–Crippen MR) is 76.1 cm³/mol. The topological polar surface area (TPSA) is 80.0 Å². The first-order valence-electron chi connectivity index (χ1n) is 5.82. The minimum absolute atomic E-state index is 0.204. The summed E-state index contributed by atoms with van der Waals surface area (Å²) in [6.07, 6.45) is 0. The first kappa shape index (κ1) is 15.1. The third kappa shape index (κ3) is 3.45. The second-order valence-electron chi connectivity index (χ2n) is 4.23. The molecule has 110 valence electrons. The second-order valence-corrected chi connectivity index (χ2v) is 4.63. The highest BCUT2D eigenvalue weighted by molar-refractivity contribution is 6.34. The number of aromatic nitrogens is 1. The molecule has 0 saturated carbocycles. The van der Waals surface area contributed by atoms with Crippen LogP contribution in [0.5, 0.6) is 0 Å². The molecule has 0 aliphatic carbocycles. The summed E-state index contributed by atoms with van der Waals surface area (Å²) >= 11 is 5.72. The number of halogens is 3. The van der Waals surface area contributed by atoms with Gasteiger partial charge in [-0.1, -0.05) is 11.6 Å². The summed E-state index contributed by atoms with van der Waals surface area (Å²) in [5.41, 5.74) is 2.77. The Bertz CT molecular complexity index is 686. The lowest BCUT2D eigenvalue weighted by atomic mass is 10.2. The molecule has 21 heavy (non-hydrogen) atoms. The maximum Gasteiger partial charge on any atom is 0.255 e. The number of amides is 1. The van der Waals surface area contributed by atoms with Crippen LogP contribution in [0.25, 0.3) is 0 Å². The molecule has 2 aromatic rings. The summed E-state index contributed by atoms with van der Waals surface area (Å²) < 4.78 is 26.6. The highest BCUT2D eigenvalue weighted by Gasteiger charge is 2.15. The number of nitrogens with two attached hydrogens (primary N) is 1. The molecule has 8 heteroatoms. The Morgan fingerprint density at radius 1 is 1.29 bits per heavy atom. The van der Waals surface area contributed by atoms with Gasteiger partial charge < -0.3 is 10.7 Å². The average molecular weight is 313 g/mol. The lowest BCUT2D eigenvalue weighted by Gasteiger charge is -2.10. The lowest BCUT2D eigenvalue weighted by molar-refractivity contribution is 0.102. The van der Waals surface area contributed by atoms with Crippen LogP contribution in [0.1, 0.15) is 16.1 Å². The molecule has 0 bridgehead atoms. The molecule has 4 N–H and O–H groups in total. The second kappa shape index (κ2) is 6.02.